The molecule has 0 unspecified atom stereocenters. The molecule has 4 atom stereocenters. The minimum atomic E-state index is -4.51. The second kappa shape index (κ2) is 5.52. The number of hydrogen-bond donors (Lipinski definition) is 2. The Labute approximate surface area is 129 Å². The highest BCUT2D eigenvalue weighted by atomic mass is 19.4. The first-order valence-electron chi connectivity index (χ1n) is 7.14. The Morgan fingerprint density at radius 3 is 2.43 bits per heavy atom. The maximum absolute atomic E-state index is 12.7. The van der Waals surface area contributed by atoms with Gasteiger partial charge in [0.25, 0.3) is 0 Å². The Hall–Kier alpha value is -2.09. The summed E-state index contributed by atoms with van der Waals surface area (Å²) in [4.78, 5) is 23.7. The quantitative estimate of drug-likeness (QED) is 0.893. The number of aliphatic carboxylic acids is 1. The van der Waals surface area contributed by atoms with E-state index < -0.39 is 47.7 Å². The van der Waals surface area contributed by atoms with E-state index in [1.54, 1.807) is 0 Å². The molecule has 8 heteroatoms. The van der Waals surface area contributed by atoms with Crippen molar-refractivity contribution >= 4 is 17.6 Å². The highest BCUT2D eigenvalue weighted by Gasteiger charge is 2.55. The zero-order valence-electron chi connectivity index (χ0n) is 11.8. The van der Waals surface area contributed by atoms with Gasteiger partial charge in [-0.2, -0.15) is 13.2 Å². The molecule has 2 N–H and O–H groups in total. The summed E-state index contributed by atoms with van der Waals surface area (Å²) in [5, 5.41) is 11.6. The molecule has 1 aromatic carbocycles. The van der Waals surface area contributed by atoms with E-state index in [0.717, 1.165) is 12.1 Å². The van der Waals surface area contributed by atoms with E-state index in [1.807, 2.05) is 0 Å². The molecule has 2 aliphatic rings. The van der Waals surface area contributed by atoms with Crippen molar-refractivity contribution in [1.82, 2.24) is 0 Å². The van der Waals surface area contributed by atoms with E-state index in [9.17, 15) is 27.9 Å². The van der Waals surface area contributed by atoms with Gasteiger partial charge in [0, 0.05) is 5.69 Å². The van der Waals surface area contributed by atoms with Crippen molar-refractivity contribution in [3.63, 3.8) is 0 Å². The van der Waals surface area contributed by atoms with Crippen molar-refractivity contribution < 1.29 is 32.6 Å². The highest BCUT2D eigenvalue weighted by Crippen LogP contribution is 2.44. The van der Waals surface area contributed by atoms with Gasteiger partial charge in [0.1, 0.15) is 0 Å². The Morgan fingerprint density at radius 1 is 1.17 bits per heavy atom. The summed E-state index contributed by atoms with van der Waals surface area (Å²) in [6, 6.07) is 4.24. The third-order valence-corrected chi connectivity index (χ3v) is 4.32. The van der Waals surface area contributed by atoms with Crippen LogP contribution in [0.15, 0.2) is 24.3 Å². The Balaban J connectivity index is 1.78. The zero-order valence-corrected chi connectivity index (χ0v) is 11.8. The minimum absolute atomic E-state index is 0.0169. The molecular weight excluding hydrogens is 315 g/mol. The third kappa shape index (κ3) is 2.90. The first kappa shape index (κ1) is 15.8. The number of alkyl halides is 3. The number of fused-ring (bicyclic) bond motifs is 2. The van der Waals surface area contributed by atoms with Crippen LogP contribution in [-0.2, 0) is 20.5 Å². The number of rotatable bonds is 3. The summed E-state index contributed by atoms with van der Waals surface area (Å²) < 4.78 is 43.5. The van der Waals surface area contributed by atoms with Crippen LogP contribution < -0.4 is 5.32 Å². The predicted octanol–water partition coefficient (Wildman–Crippen LogP) is 2.52. The van der Waals surface area contributed by atoms with E-state index in [4.69, 9.17) is 4.74 Å². The van der Waals surface area contributed by atoms with Crippen LogP contribution in [0.25, 0.3) is 0 Å². The molecule has 1 amide bonds. The fraction of sp³-hybridized carbons (Fsp3) is 0.467. The molecule has 23 heavy (non-hydrogen) atoms. The van der Waals surface area contributed by atoms with E-state index in [-0.39, 0.29) is 5.69 Å². The third-order valence-electron chi connectivity index (χ3n) is 4.32. The van der Waals surface area contributed by atoms with Gasteiger partial charge >= 0.3 is 12.1 Å². The lowest BCUT2D eigenvalue weighted by Gasteiger charge is -2.24. The van der Waals surface area contributed by atoms with E-state index >= 15 is 0 Å². The van der Waals surface area contributed by atoms with Gasteiger partial charge in [-0.05, 0) is 31.0 Å². The van der Waals surface area contributed by atoms with Crippen molar-refractivity contribution in [2.24, 2.45) is 11.8 Å². The highest BCUT2D eigenvalue weighted by molar-refractivity contribution is 5.96. The number of carboxylic acids is 1. The molecule has 5 nitrogen and oxygen atoms in total. The van der Waals surface area contributed by atoms with Gasteiger partial charge in [-0.1, -0.05) is 6.07 Å². The summed E-state index contributed by atoms with van der Waals surface area (Å²) in [7, 11) is 0. The van der Waals surface area contributed by atoms with Gasteiger partial charge in [-0.15, -0.1) is 0 Å². The van der Waals surface area contributed by atoms with Gasteiger partial charge in [-0.3, -0.25) is 9.59 Å². The van der Waals surface area contributed by atoms with Gasteiger partial charge in [0.05, 0.1) is 29.6 Å². The van der Waals surface area contributed by atoms with Crippen molar-refractivity contribution in [2.75, 3.05) is 5.32 Å². The molecule has 3 rings (SSSR count). The monoisotopic (exact) mass is 329 g/mol. The van der Waals surface area contributed by atoms with Crippen LogP contribution in [0, 0.1) is 11.8 Å². The molecule has 2 heterocycles. The fourth-order valence-corrected chi connectivity index (χ4v) is 3.32. The number of halogens is 3. The average molecular weight is 329 g/mol. The summed E-state index contributed by atoms with van der Waals surface area (Å²) in [5.74, 6) is -3.59. The molecule has 2 saturated heterocycles. The number of ether oxygens (including phenoxy) is 1. The van der Waals surface area contributed by atoms with Crippen LogP contribution in [0.1, 0.15) is 18.4 Å². The van der Waals surface area contributed by atoms with Crippen LogP contribution in [0.4, 0.5) is 18.9 Å². The van der Waals surface area contributed by atoms with E-state index in [2.05, 4.69) is 5.32 Å². The van der Waals surface area contributed by atoms with Gasteiger partial charge in [0.2, 0.25) is 5.91 Å². The summed E-state index contributed by atoms with van der Waals surface area (Å²) in [6.45, 7) is 0. The largest absolute Gasteiger partial charge is 0.481 e. The molecule has 124 valence electrons. The van der Waals surface area contributed by atoms with Crippen LogP contribution >= 0.6 is 0 Å². The van der Waals surface area contributed by atoms with Gasteiger partial charge in [-0.25, -0.2) is 0 Å². The molecule has 0 spiro atoms. The molecule has 0 radical (unpaired) electrons. The standard InChI is InChI=1S/C15H14F3NO4/c16-15(17,18)7-2-1-3-8(6-7)19-13(20)11-9-4-5-10(23-9)12(11)14(21)22/h1-3,6,9-12H,4-5H2,(H,19,20)(H,21,22)/t9-,10+,11-,12-/m0/s1. The van der Waals surface area contributed by atoms with Crippen molar-refractivity contribution in [3.8, 4) is 0 Å². The molecule has 0 saturated carbocycles. The summed E-state index contributed by atoms with van der Waals surface area (Å²) in [5.41, 5.74) is -0.897. The maximum Gasteiger partial charge on any atom is 0.416 e. The Kier molecular flexibility index (Phi) is 3.79. The van der Waals surface area contributed by atoms with Crippen molar-refractivity contribution in [2.45, 2.75) is 31.2 Å². The van der Waals surface area contributed by atoms with Gasteiger partial charge in [0.15, 0.2) is 0 Å². The number of nitrogens with one attached hydrogen (secondary N) is 1. The van der Waals surface area contributed by atoms with E-state index in [1.165, 1.54) is 12.1 Å². The summed E-state index contributed by atoms with van der Waals surface area (Å²) >= 11 is 0. The van der Waals surface area contributed by atoms with Gasteiger partial charge < -0.3 is 15.2 Å². The van der Waals surface area contributed by atoms with Crippen molar-refractivity contribution in [1.29, 1.82) is 0 Å². The Morgan fingerprint density at radius 2 is 1.83 bits per heavy atom. The first-order chi connectivity index (χ1) is 10.8. The number of carbonyl (C=O) groups is 2. The Bertz CT molecular complexity index is 646. The number of anilines is 1. The number of benzene rings is 1. The second-order valence-corrected chi connectivity index (χ2v) is 5.75. The topological polar surface area (TPSA) is 75.6 Å². The lowest BCUT2D eigenvalue weighted by molar-refractivity contribution is -0.147. The van der Waals surface area contributed by atoms with Crippen LogP contribution in [0.5, 0.6) is 0 Å². The molecule has 1 aromatic rings. The molecule has 2 fully saturated rings. The van der Waals surface area contributed by atoms with Crippen LogP contribution in [0.3, 0.4) is 0 Å². The summed E-state index contributed by atoms with van der Waals surface area (Å²) in [6.07, 6.45) is -4.36. The molecule has 2 aliphatic heterocycles. The number of amides is 1. The zero-order chi connectivity index (χ0) is 16.8. The normalized spacial score (nSPS) is 29.5. The maximum atomic E-state index is 12.7. The lowest BCUT2D eigenvalue weighted by Crippen LogP contribution is -2.40. The lowest BCUT2D eigenvalue weighted by atomic mass is 9.78. The predicted molar refractivity (Wildman–Crippen MR) is 72.6 cm³/mol. The smallest absolute Gasteiger partial charge is 0.416 e. The van der Waals surface area contributed by atoms with Crippen molar-refractivity contribution in [3.05, 3.63) is 29.8 Å². The molecule has 0 aliphatic carbocycles. The molecular formula is C15H14F3NO4. The van der Waals surface area contributed by atoms with Crippen LogP contribution in [-0.4, -0.2) is 29.2 Å². The number of carbonyl (C=O) groups excluding carboxylic acids is 1. The van der Waals surface area contributed by atoms with Crippen LogP contribution in [0.2, 0.25) is 0 Å². The average Bonchev–Trinajstić information content (AvgIpc) is 3.07. The first-order valence-corrected chi connectivity index (χ1v) is 7.14. The SMILES string of the molecule is O=C(Nc1cccc(C(F)(F)F)c1)[C@@H]1[C@@H](C(=O)O)[C@H]2CC[C@@H]1O2. The number of hydrogen-bond acceptors (Lipinski definition) is 3. The number of carboxylic acid groups (broad SMARTS) is 1. The molecule has 2 bridgehead atoms. The fourth-order valence-electron chi connectivity index (χ4n) is 3.32. The minimum Gasteiger partial charge on any atom is -0.481 e. The van der Waals surface area contributed by atoms with E-state index in [0.29, 0.717) is 12.8 Å². The second-order valence-electron chi connectivity index (χ2n) is 5.75. The molecule has 0 aromatic heterocycles.